The van der Waals surface area contributed by atoms with Crippen LogP contribution in [-0.2, 0) is 9.53 Å². The highest BCUT2D eigenvalue weighted by atomic mass is 16.5. The first-order chi connectivity index (χ1) is 7.47. The summed E-state index contributed by atoms with van der Waals surface area (Å²) in [6, 6.07) is 0. The van der Waals surface area contributed by atoms with Crippen molar-refractivity contribution >= 4 is 5.97 Å². The predicted octanol–water partition coefficient (Wildman–Crippen LogP) is 1.13. The van der Waals surface area contributed by atoms with E-state index in [-0.39, 0.29) is 6.61 Å². The summed E-state index contributed by atoms with van der Waals surface area (Å²) >= 11 is 0. The molecule has 16 heavy (non-hydrogen) atoms. The van der Waals surface area contributed by atoms with Gasteiger partial charge in [-0.1, -0.05) is 13.8 Å². The zero-order valence-electron chi connectivity index (χ0n) is 9.45. The molecule has 1 heterocycles. The third-order valence-corrected chi connectivity index (χ3v) is 2.13. The molecule has 0 aliphatic rings. The maximum atomic E-state index is 10.8. The van der Waals surface area contributed by atoms with Crippen LogP contribution < -0.4 is 0 Å². The summed E-state index contributed by atoms with van der Waals surface area (Å²) < 4.78 is 6.23. The maximum Gasteiger partial charge on any atom is 0.302 e. The van der Waals surface area contributed by atoms with Gasteiger partial charge in [0.15, 0.2) is 6.17 Å². The van der Waals surface area contributed by atoms with Gasteiger partial charge in [0, 0.05) is 12.3 Å². The van der Waals surface area contributed by atoms with Gasteiger partial charge in [-0.15, -0.1) is 4.91 Å². The van der Waals surface area contributed by atoms with Crippen molar-refractivity contribution < 1.29 is 9.53 Å². The Bertz CT molecular complexity index is 361. The minimum atomic E-state index is -0.755. The molecule has 0 bridgehead atoms. The molecule has 0 aliphatic carbocycles. The van der Waals surface area contributed by atoms with Crippen LogP contribution in [-0.4, -0.2) is 27.3 Å². The SMILES string of the molecule is CC(=O)OCC(C)(C)C(N=O)n1cncn1. The lowest BCUT2D eigenvalue weighted by molar-refractivity contribution is -0.144. The van der Waals surface area contributed by atoms with E-state index in [2.05, 4.69) is 15.3 Å². The van der Waals surface area contributed by atoms with Gasteiger partial charge in [0.2, 0.25) is 0 Å². The lowest BCUT2D eigenvalue weighted by Gasteiger charge is -2.28. The summed E-state index contributed by atoms with van der Waals surface area (Å²) in [6.07, 6.45) is 1.97. The number of hydrogen-bond donors (Lipinski definition) is 0. The fourth-order valence-corrected chi connectivity index (χ4v) is 1.25. The summed E-state index contributed by atoms with van der Waals surface area (Å²) in [4.78, 5) is 25.3. The van der Waals surface area contributed by atoms with Crippen LogP contribution in [0, 0.1) is 10.3 Å². The Morgan fingerprint density at radius 3 is 2.75 bits per heavy atom. The van der Waals surface area contributed by atoms with Crippen LogP contribution in [0.5, 0.6) is 0 Å². The van der Waals surface area contributed by atoms with Crippen molar-refractivity contribution in [3.05, 3.63) is 17.6 Å². The summed E-state index contributed by atoms with van der Waals surface area (Å²) in [5.41, 5.74) is -0.638. The van der Waals surface area contributed by atoms with E-state index in [0.717, 1.165) is 0 Å². The van der Waals surface area contributed by atoms with Crippen molar-refractivity contribution in [3.8, 4) is 0 Å². The third kappa shape index (κ3) is 2.85. The molecule has 1 unspecified atom stereocenters. The van der Waals surface area contributed by atoms with E-state index in [1.165, 1.54) is 24.3 Å². The number of hydrogen-bond acceptors (Lipinski definition) is 6. The number of ether oxygens (including phenoxy) is 1. The summed E-state index contributed by atoms with van der Waals surface area (Å²) in [6.45, 7) is 4.95. The van der Waals surface area contributed by atoms with Crippen LogP contribution in [0.1, 0.15) is 26.9 Å². The van der Waals surface area contributed by atoms with Crippen molar-refractivity contribution in [2.24, 2.45) is 10.6 Å². The minimum absolute atomic E-state index is 0.0958. The molecule has 88 valence electrons. The Hall–Kier alpha value is -1.79. The number of carbonyl (C=O) groups excluding carboxylic acids is 1. The molecule has 0 saturated heterocycles. The van der Waals surface area contributed by atoms with Crippen LogP contribution in [0.3, 0.4) is 0 Å². The van der Waals surface area contributed by atoms with Crippen LogP contribution >= 0.6 is 0 Å². The van der Waals surface area contributed by atoms with Crippen LogP contribution in [0.25, 0.3) is 0 Å². The van der Waals surface area contributed by atoms with Crippen LogP contribution in [0.2, 0.25) is 0 Å². The second-order valence-electron chi connectivity index (χ2n) is 4.12. The summed E-state index contributed by atoms with van der Waals surface area (Å²) in [5, 5.41) is 6.85. The molecule has 1 atom stereocenters. The molecule has 0 aromatic carbocycles. The molecule has 0 radical (unpaired) electrons. The van der Waals surface area contributed by atoms with Gasteiger partial charge in [-0.3, -0.25) is 4.79 Å². The molecular formula is C9H14N4O3. The minimum Gasteiger partial charge on any atom is -0.465 e. The van der Waals surface area contributed by atoms with Crippen molar-refractivity contribution in [2.75, 3.05) is 6.61 Å². The molecule has 0 N–H and O–H groups in total. The van der Waals surface area contributed by atoms with E-state index in [1.54, 1.807) is 13.8 Å². The van der Waals surface area contributed by atoms with Crippen molar-refractivity contribution in [1.82, 2.24) is 14.8 Å². The van der Waals surface area contributed by atoms with E-state index >= 15 is 0 Å². The molecule has 0 amide bonds. The average Bonchev–Trinajstić information content (AvgIpc) is 2.69. The first-order valence-electron chi connectivity index (χ1n) is 4.77. The molecule has 1 aromatic heterocycles. The Morgan fingerprint density at radius 2 is 2.31 bits per heavy atom. The van der Waals surface area contributed by atoms with Crippen molar-refractivity contribution in [1.29, 1.82) is 0 Å². The monoisotopic (exact) mass is 226 g/mol. The normalized spacial score (nSPS) is 13.2. The van der Waals surface area contributed by atoms with Gasteiger partial charge in [-0.05, 0) is 5.18 Å². The number of nitrogens with zero attached hydrogens (tertiary/aromatic N) is 4. The Kier molecular flexibility index (Phi) is 3.70. The topological polar surface area (TPSA) is 86.4 Å². The molecule has 7 heteroatoms. The first-order valence-corrected chi connectivity index (χ1v) is 4.77. The molecular weight excluding hydrogens is 212 g/mol. The van der Waals surface area contributed by atoms with Gasteiger partial charge in [-0.25, -0.2) is 9.67 Å². The quantitative estimate of drug-likeness (QED) is 0.555. The summed E-state index contributed by atoms with van der Waals surface area (Å²) in [7, 11) is 0. The fraction of sp³-hybridized carbons (Fsp3) is 0.667. The highest BCUT2D eigenvalue weighted by molar-refractivity contribution is 5.65. The van der Waals surface area contributed by atoms with E-state index in [9.17, 15) is 9.70 Å². The lowest BCUT2D eigenvalue weighted by atomic mass is 9.91. The standard InChI is InChI=1S/C9H14N4O3/c1-7(14)16-4-9(2,3)8(12-15)13-6-10-5-11-13/h5-6,8H,4H2,1-3H3. The predicted molar refractivity (Wildman–Crippen MR) is 55.3 cm³/mol. The number of nitroso groups, excluding NO2 is 1. The highest BCUT2D eigenvalue weighted by Crippen LogP contribution is 2.31. The molecule has 0 fully saturated rings. The number of rotatable bonds is 5. The maximum absolute atomic E-state index is 10.8. The van der Waals surface area contributed by atoms with Gasteiger partial charge >= 0.3 is 5.97 Å². The van der Waals surface area contributed by atoms with Crippen molar-refractivity contribution in [3.63, 3.8) is 0 Å². The van der Waals surface area contributed by atoms with E-state index in [0.29, 0.717) is 0 Å². The van der Waals surface area contributed by atoms with Crippen molar-refractivity contribution in [2.45, 2.75) is 26.9 Å². The fourth-order valence-electron chi connectivity index (χ4n) is 1.25. The zero-order valence-corrected chi connectivity index (χ0v) is 9.45. The second kappa shape index (κ2) is 4.82. The first kappa shape index (κ1) is 12.3. The zero-order chi connectivity index (χ0) is 12.2. The van der Waals surface area contributed by atoms with E-state index in [1.807, 2.05) is 0 Å². The second-order valence-corrected chi connectivity index (χ2v) is 4.12. The lowest BCUT2D eigenvalue weighted by Crippen LogP contribution is -2.31. The average molecular weight is 226 g/mol. The Labute approximate surface area is 92.8 Å². The summed E-state index contributed by atoms with van der Waals surface area (Å²) in [5.74, 6) is -0.392. The third-order valence-electron chi connectivity index (χ3n) is 2.13. The molecule has 0 aliphatic heterocycles. The highest BCUT2D eigenvalue weighted by Gasteiger charge is 2.34. The van der Waals surface area contributed by atoms with E-state index in [4.69, 9.17) is 4.74 Å². The number of aromatic nitrogens is 3. The smallest absolute Gasteiger partial charge is 0.302 e. The van der Waals surface area contributed by atoms with Gasteiger partial charge in [0.1, 0.15) is 19.3 Å². The van der Waals surface area contributed by atoms with E-state index < -0.39 is 17.6 Å². The molecule has 7 nitrogen and oxygen atoms in total. The Balaban J connectivity index is 2.78. The van der Waals surface area contributed by atoms with Gasteiger partial charge in [0.25, 0.3) is 0 Å². The number of carbonyl (C=O) groups is 1. The number of esters is 1. The Morgan fingerprint density at radius 1 is 1.62 bits per heavy atom. The molecule has 0 saturated carbocycles. The molecule has 1 rings (SSSR count). The molecule has 0 spiro atoms. The van der Waals surface area contributed by atoms with Crippen LogP contribution in [0.15, 0.2) is 17.8 Å². The van der Waals surface area contributed by atoms with Gasteiger partial charge in [0.05, 0.1) is 0 Å². The largest absolute Gasteiger partial charge is 0.465 e. The van der Waals surface area contributed by atoms with Gasteiger partial charge < -0.3 is 4.74 Å². The van der Waals surface area contributed by atoms with Crippen LogP contribution in [0.4, 0.5) is 0 Å². The van der Waals surface area contributed by atoms with Gasteiger partial charge in [-0.2, -0.15) is 5.10 Å². The molecule has 1 aromatic rings.